The minimum absolute atomic E-state index is 0.713. The highest BCUT2D eigenvalue weighted by Crippen LogP contribution is 2.33. The average molecular weight is 399 g/mol. The van der Waals surface area contributed by atoms with Gasteiger partial charge in [-0.05, 0) is 43.7 Å². The van der Waals surface area contributed by atoms with Crippen LogP contribution in [0.1, 0.15) is 102 Å². The lowest BCUT2D eigenvalue weighted by molar-refractivity contribution is 0.296. The Kier molecular flexibility index (Phi) is 11.6. The highest BCUT2D eigenvalue weighted by Gasteiger charge is 2.13. The van der Waals surface area contributed by atoms with Crippen molar-refractivity contribution in [2.24, 2.45) is 5.92 Å². The fourth-order valence-corrected chi connectivity index (χ4v) is 3.94. The highest BCUT2D eigenvalue weighted by molar-refractivity contribution is 5.67. The normalized spacial score (nSPS) is 14.6. The van der Waals surface area contributed by atoms with Crippen molar-refractivity contribution in [2.45, 2.75) is 90.9 Å². The van der Waals surface area contributed by atoms with E-state index in [-0.39, 0.29) is 0 Å². The molecule has 2 nitrogen and oxygen atoms in total. The molecule has 1 fully saturated rings. The predicted octanol–water partition coefficient (Wildman–Crippen LogP) is 8.45. The van der Waals surface area contributed by atoms with Gasteiger partial charge in [-0.25, -0.2) is 0 Å². The zero-order valence-corrected chi connectivity index (χ0v) is 18.9. The van der Waals surface area contributed by atoms with Gasteiger partial charge in [0.1, 0.15) is 11.5 Å². The van der Waals surface area contributed by atoms with E-state index in [0.717, 1.165) is 48.7 Å². The molecule has 0 N–H and O–H groups in total. The lowest BCUT2D eigenvalue weighted by Crippen LogP contribution is -2.03. The fourth-order valence-electron chi connectivity index (χ4n) is 3.94. The third kappa shape index (κ3) is 8.68. The van der Waals surface area contributed by atoms with Gasteiger partial charge >= 0.3 is 0 Å². The van der Waals surface area contributed by atoms with Gasteiger partial charge in [0.2, 0.25) is 0 Å². The Morgan fingerprint density at radius 2 is 1.38 bits per heavy atom. The van der Waals surface area contributed by atoms with Crippen LogP contribution in [-0.2, 0) is 0 Å². The van der Waals surface area contributed by atoms with E-state index >= 15 is 0 Å². The van der Waals surface area contributed by atoms with Crippen molar-refractivity contribution in [2.75, 3.05) is 13.2 Å². The average Bonchev–Trinajstić information content (AvgIpc) is 3.26. The molecule has 0 saturated heterocycles. The van der Waals surface area contributed by atoms with E-state index in [1.54, 1.807) is 0 Å². The molecular formula is C27H42O2. The summed E-state index contributed by atoms with van der Waals surface area (Å²) in [5, 5.41) is 0. The van der Waals surface area contributed by atoms with Gasteiger partial charge < -0.3 is 9.47 Å². The number of allylic oxidation sites excluding steroid dienone is 1. The molecule has 1 aliphatic rings. The molecule has 0 unspecified atom stereocenters. The lowest BCUT2D eigenvalue weighted by atomic mass is 10.0. The Morgan fingerprint density at radius 1 is 0.828 bits per heavy atom. The minimum Gasteiger partial charge on any atom is -0.493 e. The maximum Gasteiger partial charge on any atom is 0.127 e. The second-order valence-corrected chi connectivity index (χ2v) is 8.35. The molecular weight excluding hydrogens is 356 g/mol. The van der Waals surface area contributed by atoms with Crippen molar-refractivity contribution in [3.05, 3.63) is 35.9 Å². The summed E-state index contributed by atoms with van der Waals surface area (Å²) < 4.78 is 12.3. The second kappa shape index (κ2) is 14.3. The van der Waals surface area contributed by atoms with Crippen molar-refractivity contribution in [1.29, 1.82) is 0 Å². The van der Waals surface area contributed by atoms with Crippen molar-refractivity contribution in [3.63, 3.8) is 0 Å². The number of hydrogen-bond donors (Lipinski definition) is 0. The standard InChI is InChI=1S/C27H42O2/c1-4-7-9-13-19-28-26-22-25(18-17-23-15-11-12-16-23)27(21-24(26)6-3)29-20-14-10-8-5-2/h6,17-18,21-23H,3-5,7-16,19-20H2,1-2H3/b18-17+. The van der Waals surface area contributed by atoms with E-state index in [2.05, 4.69) is 44.7 Å². The van der Waals surface area contributed by atoms with Crippen LogP contribution in [0.5, 0.6) is 11.5 Å². The fraction of sp³-hybridized carbons (Fsp3) is 0.630. The van der Waals surface area contributed by atoms with E-state index in [1.807, 2.05) is 6.08 Å². The van der Waals surface area contributed by atoms with Crippen LogP contribution in [-0.4, -0.2) is 13.2 Å². The van der Waals surface area contributed by atoms with Crippen LogP contribution >= 0.6 is 0 Å². The molecule has 0 atom stereocenters. The van der Waals surface area contributed by atoms with Crippen LogP contribution < -0.4 is 9.47 Å². The number of benzene rings is 1. The smallest absolute Gasteiger partial charge is 0.127 e. The lowest BCUT2D eigenvalue weighted by Gasteiger charge is -2.15. The van der Waals surface area contributed by atoms with Crippen LogP contribution in [0.15, 0.2) is 24.8 Å². The molecule has 0 aromatic heterocycles. The Morgan fingerprint density at radius 3 is 1.93 bits per heavy atom. The number of hydrogen-bond acceptors (Lipinski definition) is 2. The van der Waals surface area contributed by atoms with Crippen molar-refractivity contribution in [1.82, 2.24) is 0 Å². The summed E-state index contributed by atoms with van der Waals surface area (Å²) in [7, 11) is 0. The predicted molar refractivity (Wildman–Crippen MR) is 127 cm³/mol. The zero-order chi connectivity index (χ0) is 20.7. The van der Waals surface area contributed by atoms with Gasteiger partial charge in [0.15, 0.2) is 0 Å². The minimum atomic E-state index is 0.713. The van der Waals surface area contributed by atoms with Crippen molar-refractivity contribution in [3.8, 4) is 11.5 Å². The summed E-state index contributed by atoms with van der Waals surface area (Å²) in [6.07, 6.45) is 21.6. The molecule has 1 aromatic carbocycles. The SMILES string of the molecule is C=Cc1cc(OCCCCCC)c(/C=C/C2CCCC2)cc1OCCCCCC. The second-order valence-electron chi connectivity index (χ2n) is 8.35. The van der Waals surface area contributed by atoms with Crippen LogP contribution in [0, 0.1) is 5.92 Å². The maximum atomic E-state index is 6.20. The zero-order valence-electron chi connectivity index (χ0n) is 18.9. The van der Waals surface area contributed by atoms with Gasteiger partial charge in [-0.3, -0.25) is 0 Å². The summed E-state index contributed by atoms with van der Waals surface area (Å²) in [6.45, 7) is 10.0. The van der Waals surface area contributed by atoms with Gasteiger partial charge in [-0.2, -0.15) is 0 Å². The van der Waals surface area contributed by atoms with E-state index in [4.69, 9.17) is 9.47 Å². The van der Waals surface area contributed by atoms with Crippen molar-refractivity contribution >= 4 is 12.2 Å². The first-order valence-corrected chi connectivity index (χ1v) is 12.0. The van der Waals surface area contributed by atoms with E-state index < -0.39 is 0 Å². The Hall–Kier alpha value is -1.70. The number of unbranched alkanes of at least 4 members (excludes halogenated alkanes) is 6. The van der Waals surface area contributed by atoms with Crippen LogP contribution in [0.3, 0.4) is 0 Å². The molecule has 2 heteroatoms. The quantitative estimate of drug-likeness (QED) is 0.276. The largest absolute Gasteiger partial charge is 0.493 e. The summed E-state index contributed by atoms with van der Waals surface area (Å²) in [4.78, 5) is 0. The van der Waals surface area contributed by atoms with E-state index in [1.165, 1.54) is 64.2 Å². The molecule has 0 spiro atoms. The van der Waals surface area contributed by atoms with Crippen LogP contribution in [0.2, 0.25) is 0 Å². The first-order chi connectivity index (χ1) is 14.3. The van der Waals surface area contributed by atoms with Gasteiger partial charge in [-0.1, -0.05) is 90.0 Å². The van der Waals surface area contributed by atoms with Crippen LogP contribution in [0.25, 0.3) is 12.2 Å². The molecule has 1 aromatic rings. The highest BCUT2D eigenvalue weighted by atomic mass is 16.5. The third-order valence-corrected chi connectivity index (χ3v) is 5.82. The molecule has 0 bridgehead atoms. The van der Waals surface area contributed by atoms with Gasteiger partial charge in [0, 0.05) is 11.1 Å². The molecule has 0 aliphatic heterocycles. The summed E-state index contributed by atoms with van der Waals surface area (Å²) in [6, 6.07) is 4.27. The molecule has 1 aliphatic carbocycles. The molecule has 0 heterocycles. The maximum absolute atomic E-state index is 6.20. The molecule has 1 saturated carbocycles. The monoisotopic (exact) mass is 398 g/mol. The first-order valence-electron chi connectivity index (χ1n) is 12.0. The summed E-state index contributed by atoms with van der Waals surface area (Å²) in [5.41, 5.74) is 2.17. The molecule has 29 heavy (non-hydrogen) atoms. The topological polar surface area (TPSA) is 18.5 Å². The summed E-state index contributed by atoms with van der Waals surface area (Å²) in [5.74, 6) is 2.61. The number of rotatable bonds is 15. The number of ether oxygens (including phenoxy) is 2. The summed E-state index contributed by atoms with van der Waals surface area (Å²) >= 11 is 0. The van der Waals surface area contributed by atoms with Crippen LogP contribution in [0.4, 0.5) is 0 Å². The Bertz CT molecular complexity index is 611. The first kappa shape index (κ1) is 23.6. The van der Waals surface area contributed by atoms with Crippen molar-refractivity contribution < 1.29 is 9.47 Å². The molecule has 0 amide bonds. The molecule has 2 rings (SSSR count). The Labute approximate surface area is 179 Å². The van der Waals surface area contributed by atoms with E-state index in [9.17, 15) is 0 Å². The molecule has 0 radical (unpaired) electrons. The van der Waals surface area contributed by atoms with Gasteiger partial charge in [-0.15, -0.1) is 0 Å². The van der Waals surface area contributed by atoms with Gasteiger partial charge in [0.05, 0.1) is 13.2 Å². The third-order valence-electron chi connectivity index (χ3n) is 5.82. The Balaban J connectivity index is 2.09. The van der Waals surface area contributed by atoms with E-state index in [0.29, 0.717) is 5.92 Å². The molecule has 162 valence electrons. The van der Waals surface area contributed by atoms with Gasteiger partial charge in [0.25, 0.3) is 0 Å².